The van der Waals surface area contributed by atoms with Crippen LogP contribution in [0.25, 0.3) is 0 Å². The molecule has 0 aliphatic heterocycles. The number of nitrogens with one attached hydrogen (secondary N) is 1. The lowest BCUT2D eigenvalue weighted by Gasteiger charge is -2.09. The molecule has 1 aromatic rings. The molecule has 0 saturated carbocycles. The van der Waals surface area contributed by atoms with Gasteiger partial charge in [0, 0.05) is 16.5 Å². The van der Waals surface area contributed by atoms with E-state index in [4.69, 9.17) is 5.11 Å². The SMILES string of the molecule is CCc1ccccc1NC(=O)CS(=O)CC(=O)O. The van der Waals surface area contributed by atoms with Gasteiger partial charge >= 0.3 is 5.97 Å². The van der Waals surface area contributed by atoms with Gasteiger partial charge in [-0.1, -0.05) is 25.1 Å². The summed E-state index contributed by atoms with van der Waals surface area (Å²) in [6.07, 6.45) is 0.772. The van der Waals surface area contributed by atoms with E-state index in [1.54, 1.807) is 12.1 Å². The summed E-state index contributed by atoms with van der Waals surface area (Å²) in [6.45, 7) is 1.97. The van der Waals surface area contributed by atoms with Crippen LogP contribution in [0.1, 0.15) is 12.5 Å². The van der Waals surface area contributed by atoms with E-state index in [0.717, 1.165) is 12.0 Å². The second kappa shape index (κ2) is 6.90. The van der Waals surface area contributed by atoms with Gasteiger partial charge in [0.2, 0.25) is 5.91 Å². The molecular weight excluding hydrogens is 254 g/mol. The second-order valence-corrected chi connectivity index (χ2v) is 5.14. The fraction of sp³-hybridized carbons (Fsp3) is 0.333. The van der Waals surface area contributed by atoms with Gasteiger partial charge in [-0.3, -0.25) is 13.8 Å². The first-order valence-electron chi connectivity index (χ1n) is 5.47. The summed E-state index contributed by atoms with van der Waals surface area (Å²) in [6, 6.07) is 7.32. The molecule has 1 aromatic carbocycles. The van der Waals surface area contributed by atoms with Gasteiger partial charge in [-0.25, -0.2) is 0 Å². The number of rotatable bonds is 6. The molecule has 0 fully saturated rings. The number of carboxylic acid groups (broad SMARTS) is 1. The zero-order valence-electron chi connectivity index (χ0n) is 10.0. The number of hydrogen-bond donors (Lipinski definition) is 2. The van der Waals surface area contributed by atoms with Crippen molar-refractivity contribution in [3.63, 3.8) is 0 Å². The standard InChI is InChI=1S/C12H15NO4S/c1-2-9-5-3-4-6-10(9)13-11(14)7-18(17)8-12(15)16/h3-6H,2,7-8H2,1H3,(H,13,14)(H,15,16). The van der Waals surface area contributed by atoms with E-state index in [9.17, 15) is 13.8 Å². The van der Waals surface area contributed by atoms with Crippen LogP contribution in [-0.2, 0) is 26.8 Å². The van der Waals surface area contributed by atoms with Crippen LogP contribution in [0.5, 0.6) is 0 Å². The lowest BCUT2D eigenvalue weighted by molar-refractivity contribution is -0.133. The fourth-order valence-corrected chi connectivity index (χ4v) is 2.21. The zero-order valence-corrected chi connectivity index (χ0v) is 10.8. The summed E-state index contributed by atoms with van der Waals surface area (Å²) in [4.78, 5) is 21.9. The minimum Gasteiger partial charge on any atom is -0.481 e. The summed E-state index contributed by atoms with van der Waals surface area (Å²) in [5.74, 6) is -2.42. The molecule has 1 atom stereocenters. The van der Waals surface area contributed by atoms with Crippen molar-refractivity contribution < 1.29 is 18.9 Å². The van der Waals surface area contributed by atoms with Crippen LogP contribution in [0.15, 0.2) is 24.3 Å². The summed E-state index contributed by atoms with van der Waals surface area (Å²) < 4.78 is 11.3. The van der Waals surface area contributed by atoms with Gasteiger partial charge < -0.3 is 10.4 Å². The number of aryl methyl sites for hydroxylation is 1. The Morgan fingerprint density at radius 3 is 2.56 bits per heavy atom. The van der Waals surface area contributed by atoms with Crippen LogP contribution >= 0.6 is 0 Å². The highest BCUT2D eigenvalue weighted by molar-refractivity contribution is 7.86. The number of benzene rings is 1. The van der Waals surface area contributed by atoms with Crippen LogP contribution in [-0.4, -0.2) is 32.7 Å². The minimum absolute atomic E-state index is 0.301. The van der Waals surface area contributed by atoms with Crippen LogP contribution in [0, 0.1) is 0 Å². The Labute approximate surface area is 108 Å². The highest BCUT2D eigenvalue weighted by Gasteiger charge is 2.12. The van der Waals surface area contributed by atoms with E-state index in [1.807, 2.05) is 19.1 Å². The van der Waals surface area contributed by atoms with E-state index >= 15 is 0 Å². The van der Waals surface area contributed by atoms with E-state index in [2.05, 4.69) is 5.32 Å². The molecule has 5 nitrogen and oxygen atoms in total. The predicted molar refractivity (Wildman–Crippen MR) is 70.0 cm³/mol. The van der Waals surface area contributed by atoms with E-state index in [-0.39, 0.29) is 5.75 Å². The van der Waals surface area contributed by atoms with Gasteiger partial charge in [0.05, 0.1) is 0 Å². The lowest BCUT2D eigenvalue weighted by Crippen LogP contribution is -2.23. The number of amides is 1. The molecule has 1 rings (SSSR count). The molecule has 0 bridgehead atoms. The molecule has 0 radical (unpaired) electrons. The Morgan fingerprint density at radius 2 is 1.94 bits per heavy atom. The Bertz CT molecular complexity index is 473. The number of anilines is 1. The Hall–Kier alpha value is -1.69. The van der Waals surface area contributed by atoms with Crippen molar-refractivity contribution in [2.24, 2.45) is 0 Å². The molecular formula is C12H15NO4S. The molecule has 0 heterocycles. The molecule has 2 N–H and O–H groups in total. The van der Waals surface area contributed by atoms with Gasteiger partial charge in [-0.05, 0) is 18.1 Å². The van der Waals surface area contributed by atoms with E-state index < -0.39 is 28.4 Å². The number of para-hydroxylation sites is 1. The second-order valence-electron chi connectivity index (χ2n) is 3.68. The average Bonchev–Trinajstić information content (AvgIpc) is 2.28. The van der Waals surface area contributed by atoms with Crippen LogP contribution in [0.4, 0.5) is 5.69 Å². The number of hydrogen-bond acceptors (Lipinski definition) is 3. The summed E-state index contributed by atoms with van der Waals surface area (Å²) >= 11 is 0. The van der Waals surface area contributed by atoms with Crippen molar-refractivity contribution in [1.82, 2.24) is 0 Å². The third-order valence-electron chi connectivity index (χ3n) is 2.25. The van der Waals surface area contributed by atoms with Crippen LogP contribution < -0.4 is 5.32 Å². The van der Waals surface area contributed by atoms with Gasteiger partial charge in [0.1, 0.15) is 11.5 Å². The van der Waals surface area contributed by atoms with Crippen molar-refractivity contribution in [2.45, 2.75) is 13.3 Å². The maximum atomic E-state index is 11.6. The van der Waals surface area contributed by atoms with Crippen molar-refractivity contribution >= 4 is 28.4 Å². The third-order valence-corrected chi connectivity index (χ3v) is 3.40. The fourth-order valence-electron chi connectivity index (χ4n) is 1.47. The molecule has 0 saturated heterocycles. The average molecular weight is 269 g/mol. The summed E-state index contributed by atoms with van der Waals surface area (Å²) in [5.41, 5.74) is 1.66. The molecule has 0 aliphatic rings. The number of carbonyl (C=O) groups excluding carboxylic acids is 1. The highest BCUT2D eigenvalue weighted by Crippen LogP contribution is 2.15. The highest BCUT2D eigenvalue weighted by atomic mass is 32.2. The van der Waals surface area contributed by atoms with Crippen molar-refractivity contribution in [3.05, 3.63) is 29.8 Å². The van der Waals surface area contributed by atoms with Gasteiger partial charge in [-0.15, -0.1) is 0 Å². The molecule has 0 aliphatic carbocycles. The largest absolute Gasteiger partial charge is 0.481 e. The topological polar surface area (TPSA) is 83.5 Å². The normalized spacial score (nSPS) is 11.8. The smallest absolute Gasteiger partial charge is 0.316 e. The maximum absolute atomic E-state index is 11.6. The maximum Gasteiger partial charge on any atom is 0.316 e. The number of aliphatic carboxylic acids is 1. The van der Waals surface area contributed by atoms with Crippen molar-refractivity contribution in [2.75, 3.05) is 16.8 Å². The summed E-state index contributed by atoms with van der Waals surface area (Å²) in [5, 5.41) is 11.1. The first-order chi connectivity index (χ1) is 8.52. The molecule has 0 aromatic heterocycles. The summed E-state index contributed by atoms with van der Waals surface area (Å²) in [7, 11) is -1.67. The lowest BCUT2D eigenvalue weighted by atomic mass is 10.1. The first kappa shape index (κ1) is 14.4. The van der Waals surface area contributed by atoms with Gasteiger partial charge in [0.25, 0.3) is 0 Å². The van der Waals surface area contributed by atoms with Gasteiger partial charge in [-0.2, -0.15) is 0 Å². The Kier molecular flexibility index (Phi) is 5.51. The van der Waals surface area contributed by atoms with Crippen LogP contribution in [0.2, 0.25) is 0 Å². The minimum atomic E-state index is -1.67. The monoisotopic (exact) mass is 269 g/mol. The third kappa shape index (κ3) is 4.67. The molecule has 6 heteroatoms. The Balaban J connectivity index is 2.59. The molecule has 1 amide bonds. The molecule has 0 spiro atoms. The molecule has 18 heavy (non-hydrogen) atoms. The van der Waals surface area contributed by atoms with Crippen molar-refractivity contribution in [1.29, 1.82) is 0 Å². The molecule has 1 unspecified atom stereocenters. The van der Waals surface area contributed by atoms with Crippen molar-refractivity contribution in [3.8, 4) is 0 Å². The van der Waals surface area contributed by atoms with Crippen LogP contribution in [0.3, 0.4) is 0 Å². The van der Waals surface area contributed by atoms with E-state index in [0.29, 0.717) is 5.69 Å². The first-order valence-corrected chi connectivity index (χ1v) is 6.96. The van der Waals surface area contributed by atoms with Gasteiger partial charge in [0.15, 0.2) is 0 Å². The molecule has 98 valence electrons. The van der Waals surface area contributed by atoms with E-state index in [1.165, 1.54) is 0 Å². The zero-order chi connectivity index (χ0) is 13.5. The number of carbonyl (C=O) groups is 2. The number of carboxylic acids is 1. The quantitative estimate of drug-likeness (QED) is 0.807. The predicted octanol–water partition coefficient (Wildman–Crippen LogP) is 1.02. The Morgan fingerprint density at radius 1 is 1.28 bits per heavy atom.